The molecule has 43 heavy (non-hydrogen) atoms. The van der Waals surface area contributed by atoms with Crippen LogP contribution in [0, 0.1) is 5.82 Å². The van der Waals surface area contributed by atoms with Crippen LogP contribution in [0.25, 0.3) is 10.8 Å². The summed E-state index contributed by atoms with van der Waals surface area (Å²) in [6, 6.07) is 10.2. The van der Waals surface area contributed by atoms with Gasteiger partial charge in [0, 0.05) is 0 Å². The van der Waals surface area contributed by atoms with Gasteiger partial charge in [0.1, 0.15) is 24.0 Å². The molecule has 1 aliphatic rings. The van der Waals surface area contributed by atoms with E-state index in [0.717, 1.165) is 5.39 Å². The number of nitrogens with zero attached hydrogens (tertiary/aromatic N) is 1. The maximum atomic E-state index is 14.5. The second kappa shape index (κ2) is 12.6. The number of esters is 1. The van der Waals surface area contributed by atoms with Crippen LogP contribution in [-0.4, -0.2) is 68.7 Å². The number of fused-ring (bicyclic) bond motifs is 1. The highest BCUT2D eigenvalue weighted by atomic mass is 31.2. The summed E-state index contributed by atoms with van der Waals surface area (Å²) >= 11 is 0. The van der Waals surface area contributed by atoms with E-state index in [9.17, 15) is 42.3 Å². The monoisotopic (exact) mass is 631 g/mol. The van der Waals surface area contributed by atoms with Gasteiger partial charge in [-0.15, -0.1) is 0 Å². The predicted octanol–water partition coefficient (Wildman–Crippen LogP) is 2.22. The van der Waals surface area contributed by atoms with Crippen molar-refractivity contribution in [3.63, 3.8) is 0 Å². The van der Waals surface area contributed by atoms with Gasteiger partial charge in [0.05, 0.1) is 18.9 Å². The van der Waals surface area contributed by atoms with E-state index < -0.39 is 80.0 Å². The van der Waals surface area contributed by atoms with Gasteiger partial charge in [-0.1, -0.05) is 30.3 Å². The molecule has 2 aromatic carbocycles. The van der Waals surface area contributed by atoms with Gasteiger partial charge in [0.25, 0.3) is 12.0 Å². The molecule has 1 saturated heterocycles. The molecule has 0 radical (unpaired) electrons. The van der Waals surface area contributed by atoms with E-state index in [1.165, 1.54) is 19.1 Å². The third kappa shape index (κ3) is 6.84. The maximum Gasteiger partial charge on any atom is 0.459 e. The molecular weight excluding hydrogens is 602 g/mol. The minimum absolute atomic E-state index is 0.0499. The maximum absolute atomic E-state index is 14.5. The van der Waals surface area contributed by atoms with Crippen molar-refractivity contribution in [3.05, 3.63) is 75.3 Å². The Morgan fingerprint density at radius 1 is 1.16 bits per heavy atom. The number of hydrogen-bond acceptors (Lipinski definition) is 10. The molecule has 4 N–H and O–H groups in total. The Kier molecular flexibility index (Phi) is 9.49. The first-order valence-corrected chi connectivity index (χ1v) is 14.4. The number of nitrogens with one attached hydrogen (secondary N) is 2. The molecule has 0 spiro atoms. The van der Waals surface area contributed by atoms with E-state index in [4.69, 9.17) is 18.5 Å². The molecule has 1 unspecified atom stereocenters. The van der Waals surface area contributed by atoms with Gasteiger partial charge < -0.3 is 24.2 Å². The molecule has 234 valence electrons. The summed E-state index contributed by atoms with van der Waals surface area (Å²) in [4.78, 5) is 37.6. The van der Waals surface area contributed by atoms with Crippen LogP contribution in [0.15, 0.2) is 58.3 Å². The van der Waals surface area contributed by atoms with Crippen LogP contribution in [-0.2, 0) is 23.4 Å². The number of aromatic nitrogens is 2. The fourth-order valence-corrected chi connectivity index (χ4v) is 5.83. The van der Waals surface area contributed by atoms with Gasteiger partial charge in [-0.3, -0.25) is 23.7 Å². The van der Waals surface area contributed by atoms with Crippen LogP contribution in [0.2, 0.25) is 0 Å². The first-order chi connectivity index (χ1) is 20.2. The molecule has 1 aromatic heterocycles. The Bertz CT molecular complexity index is 1650. The first kappa shape index (κ1) is 32.4. The zero-order valence-electron chi connectivity index (χ0n) is 23.0. The van der Waals surface area contributed by atoms with E-state index in [1.54, 1.807) is 49.2 Å². The third-order valence-electron chi connectivity index (χ3n) is 6.49. The molecule has 0 bridgehead atoms. The van der Waals surface area contributed by atoms with E-state index in [0.29, 0.717) is 11.6 Å². The highest BCUT2D eigenvalue weighted by molar-refractivity contribution is 7.52. The van der Waals surface area contributed by atoms with Gasteiger partial charge in [0.15, 0.2) is 11.8 Å². The Morgan fingerprint density at radius 2 is 1.84 bits per heavy atom. The molecule has 1 fully saturated rings. The molecular formula is C26H29F3N3O10P. The molecule has 0 aliphatic carbocycles. The number of halogens is 3. The molecule has 4 rings (SSSR count). The standard InChI is InChI=1S/C26H29F3N3O10P/c1-13(2)40-23(36)14(3)31-43(38,42-17-9-8-15-6-4-5-7-16(15)10-17)39-12-26(24(28)29)20(34)19(33)22(41-26)32-11-18(27)21(35)30-25(32)37/h4-11,13-14,19-20,22,24,33-34H,12H2,1-3H3,(H,31,38)(H,30,35,37)/t14-,19+,20-,22+,26+,43?/m0/s1. The largest absolute Gasteiger partial charge is 0.462 e. The van der Waals surface area contributed by atoms with Crippen molar-refractivity contribution < 1.29 is 51.3 Å². The smallest absolute Gasteiger partial charge is 0.459 e. The molecule has 2 heterocycles. The number of carbonyl (C=O) groups excluding carboxylic acids is 1. The zero-order chi connectivity index (χ0) is 31.7. The lowest BCUT2D eigenvalue weighted by Gasteiger charge is -2.32. The van der Waals surface area contributed by atoms with Crippen LogP contribution < -0.4 is 20.9 Å². The Hall–Kier alpha value is -3.53. The molecule has 0 amide bonds. The summed E-state index contributed by atoms with van der Waals surface area (Å²) < 4.78 is 78.4. The third-order valence-corrected chi connectivity index (χ3v) is 8.11. The van der Waals surface area contributed by atoms with Crippen molar-refractivity contribution in [2.45, 2.75) is 63.4 Å². The van der Waals surface area contributed by atoms with Gasteiger partial charge in [-0.25, -0.2) is 18.1 Å². The molecule has 1 aliphatic heterocycles. The van der Waals surface area contributed by atoms with E-state index in [1.807, 2.05) is 0 Å². The van der Waals surface area contributed by atoms with Gasteiger partial charge in [0.2, 0.25) is 5.82 Å². The molecule has 17 heteroatoms. The number of aliphatic hydroxyl groups excluding tert-OH is 2. The number of aromatic amines is 1. The van der Waals surface area contributed by atoms with Crippen LogP contribution in [0.3, 0.4) is 0 Å². The van der Waals surface area contributed by atoms with Crippen molar-refractivity contribution >= 4 is 24.5 Å². The Labute approximate surface area is 241 Å². The van der Waals surface area contributed by atoms with Crippen molar-refractivity contribution in [2.75, 3.05) is 6.61 Å². The summed E-state index contributed by atoms with van der Waals surface area (Å²) in [6.07, 6.45) is -10.8. The normalized spacial score (nSPS) is 24.3. The second-order valence-electron chi connectivity index (χ2n) is 10.1. The van der Waals surface area contributed by atoms with Crippen molar-refractivity contribution in [2.24, 2.45) is 0 Å². The lowest BCUT2D eigenvalue weighted by Crippen LogP contribution is -2.53. The quantitative estimate of drug-likeness (QED) is 0.180. The van der Waals surface area contributed by atoms with E-state index in [2.05, 4.69) is 5.09 Å². The average molecular weight is 631 g/mol. The average Bonchev–Trinajstić information content (AvgIpc) is 3.19. The number of carbonyl (C=O) groups is 1. The lowest BCUT2D eigenvalue weighted by atomic mass is 9.96. The summed E-state index contributed by atoms with van der Waals surface area (Å²) in [5, 5.41) is 25.0. The van der Waals surface area contributed by atoms with Crippen LogP contribution in [0.1, 0.15) is 27.0 Å². The minimum atomic E-state index is -4.80. The molecule has 13 nitrogen and oxygen atoms in total. The summed E-state index contributed by atoms with van der Waals surface area (Å²) in [5.74, 6) is -2.43. The van der Waals surface area contributed by atoms with Gasteiger partial charge in [-0.05, 0) is 43.7 Å². The van der Waals surface area contributed by atoms with Crippen molar-refractivity contribution in [3.8, 4) is 5.75 Å². The number of alkyl halides is 2. The van der Waals surface area contributed by atoms with Crippen LogP contribution in [0.4, 0.5) is 13.2 Å². The summed E-state index contributed by atoms with van der Waals surface area (Å²) in [6.45, 7) is 2.96. The SMILES string of the molecule is CC(C)OC(=O)[C@H](C)NP(=O)(OC[C@@]1(C(F)F)O[C@@H](n2cc(F)c(=O)[nH]c2=O)[C@H](O)[C@@H]1O)Oc1ccc2ccccc2c1. The predicted molar refractivity (Wildman–Crippen MR) is 144 cm³/mol. The topological polar surface area (TPSA) is 178 Å². The Balaban J connectivity index is 1.66. The van der Waals surface area contributed by atoms with Gasteiger partial charge >= 0.3 is 19.4 Å². The summed E-state index contributed by atoms with van der Waals surface area (Å²) in [7, 11) is -4.80. The van der Waals surface area contributed by atoms with Crippen molar-refractivity contribution in [1.29, 1.82) is 0 Å². The number of aliphatic hydroxyl groups is 2. The lowest BCUT2D eigenvalue weighted by molar-refractivity contribution is -0.193. The fraction of sp³-hybridized carbons (Fsp3) is 0.423. The number of hydrogen-bond donors (Lipinski definition) is 4. The number of rotatable bonds is 11. The Morgan fingerprint density at radius 3 is 2.49 bits per heavy atom. The fourth-order valence-electron chi connectivity index (χ4n) is 4.31. The second-order valence-corrected chi connectivity index (χ2v) is 11.7. The summed E-state index contributed by atoms with van der Waals surface area (Å²) in [5.41, 5.74) is -5.90. The molecule has 3 aromatic rings. The minimum Gasteiger partial charge on any atom is -0.462 e. The van der Waals surface area contributed by atoms with Crippen LogP contribution in [0.5, 0.6) is 5.75 Å². The highest BCUT2D eigenvalue weighted by Crippen LogP contribution is 2.49. The zero-order valence-corrected chi connectivity index (χ0v) is 23.9. The highest BCUT2D eigenvalue weighted by Gasteiger charge is 2.61. The number of ether oxygens (including phenoxy) is 2. The van der Waals surface area contributed by atoms with E-state index in [-0.39, 0.29) is 10.3 Å². The number of benzene rings is 2. The van der Waals surface area contributed by atoms with Crippen molar-refractivity contribution in [1.82, 2.24) is 14.6 Å². The number of H-pyrrole nitrogens is 1. The first-order valence-electron chi connectivity index (χ1n) is 12.9. The molecule has 6 atom stereocenters. The molecule has 0 saturated carbocycles. The van der Waals surface area contributed by atoms with Crippen LogP contribution >= 0.6 is 7.75 Å². The van der Waals surface area contributed by atoms with Gasteiger partial charge in [-0.2, -0.15) is 9.48 Å². The van der Waals surface area contributed by atoms with E-state index >= 15 is 0 Å².